The lowest BCUT2D eigenvalue weighted by molar-refractivity contribution is -0.870. The number of carbonyl (C=O) groups excluding carboxylic acids is 2. The van der Waals surface area contributed by atoms with Gasteiger partial charge in [-0.15, -0.1) is 0 Å². The van der Waals surface area contributed by atoms with Crippen LogP contribution in [0, 0.1) is 0 Å². The van der Waals surface area contributed by atoms with Gasteiger partial charge in [-0.05, 0) is 70.6 Å². The van der Waals surface area contributed by atoms with Crippen molar-refractivity contribution in [2.45, 2.75) is 200 Å². The summed E-state index contributed by atoms with van der Waals surface area (Å²) in [6.45, 7) is 4.08. The summed E-state index contributed by atoms with van der Waals surface area (Å²) >= 11 is 0. The Hall–Kier alpha value is -2.81. The Labute approximate surface area is 392 Å². The maximum Gasteiger partial charge on any atom is 0.306 e. The third-order valence-electron chi connectivity index (χ3n) is 10.4. The molecule has 0 saturated heterocycles. The minimum absolute atomic E-state index is 0.0410. The highest BCUT2D eigenvalue weighted by molar-refractivity contribution is 7.45. The number of allylic oxidation sites excluding steroid dienone is 14. The summed E-state index contributed by atoms with van der Waals surface area (Å²) in [6, 6.07) is 0. The Morgan fingerprint density at radius 3 is 1.33 bits per heavy atom. The number of quaternary nitrogens is 1. The number of hydrogen-bond donors (Lipinski definition) is 0. The number of phosphoric acid groups is 1. The Bertz CT molecular complexity index is 1360. The first-order valence-electron chi connectivity index (χ1n) is 25.3. The highest BCUT2D eigenvalue weighted by Gasteiger charge is 2.21. The molecule has 0 N–H and O–H groups in total. The van der Waals surface area contributed by atoms with Gasteiger partial charge in [0.1, 0.15) is 19.8 Å². The van der Waals surface area contributed by atoms with Crippen LogP contribution in [0.5, 0.6) is 0 Å². The number of esters is 2. The average molecular weight is 916 g/mol. The van der Waals surface area contributed by atoms with E-state index in [-0.39, 0.29) is 26.1 Å². The number of hydrogen-bond acceptors (Lipinski definition) is 8. The molecule has 368 valence electrons. The van der Waals surface area contributed by atoms with Crippen LogP contribution in [0.4, 0.5) is 0 Å². The van der Waals surface area contributed by atoms with Gasteiger partial charge in [-0.2, -0.15) is 0 Å². The second-order valence-corrected chi connectivity index (χ2v) is 19.2. The fourth-order valence-electron chi connectivity index (χ4n) is 6.52. The lowest BCUT2D eigenvalue weighted by atomic mass is 10.0. The molecule has 0 aromatic heterocycles. The van der Waals surface area contributed by atoms with Crippen molar-refractivity contribution in [1.82, 2.24) is 0 Å². The van der Waals surface area contributed by atoms with Gasteiger partial charge in [-0.1, -0.05) is 195 Å². The number of carbonyl (C=O) groups is 2. The van der Waals surface area contributed by atoms with E-state index in [1.807, 2.05) is 21.1 Å². The van der Waals surface area contributed by atoms with Gasteiger partial charge in [0.05, 0.1) is 27.7 Å². The van der Waals surface area contributed by atoms with Crippen LogP contribution in [0.2, 0.25) is 0 Å². The van der Waals surface area contributed by atoms with Crippen molar-refractivity contribution in [2.75, 3.05) is 47.5 Å². The first-order chi connectivity index (χ1) is 31.0. The molecule has 0 aliphatic carbocycles. The van der Waals surface area contributed by atoms with Crippen LogP contribution in [0.1, 0.15) is 194 Å². The van der Waals surface area contributed by atoms with Gasteiger partial charge >= 0.3 is 11.9 Å². The minimum Gasteiger partial charge on any atom is -0.756 e. The van der Waals surface area contributed by atoms with Crippen LogP contribution < -0.4 is 4.89 Å². The van der Waals surface area contributed by atoms with E-state index in [2.05, 4.69) is 98.9 Å². The standard InChI is InChI=1S/C54H94NO8P/c1-6-8-10-12-14-16-18-20-22-23-24-25-26-27-28-29-30-31-33-35-37-39-41-43-45-47-54(57)63-52(51-62-64(58,59)61-49-48-55(3,4)5)50-60-53(56)46-44-42-40-38-36-34-32-21-19-17-15-13-11-9-7-2/h8,10,14,16,20,22,24-25,27-28,30-31,35,37,52H,6-7,9,11-13,15,17-19,21,23,26,29,32-34,36,38-51H2,1-5H3/b10-8-,16-14-,22-20-,25-24-,28-27-,31-30-,37-35-. The van der Waals surface area contributed by atoms with Crippen molar-refractivity contribution in [3.63, 3.8) is 0 Å². The van der Waals surface area contributed by atoms with E-state index in [0.717, 1.165) is 83.5 Å². The fraction of sp³-hybridized carbons (Fsp3) is 0.704. The van der Waals surface area contributed by atoms with E-state index in [9.17, 15) is 19.0 Å². The molecule has 0 spiro atoms. The average Bonchev–Trinajstić information content (AvgIpc) is 3.25. The van der Waals surface area contributed by atoms with E-state index in [0.29, 0.717) is 17.4 Å². The van der Waals surface area contributed by atoms with Crippen molar-refractivity contribution in [3.8, 4) is 0 Å². The molecule has 0 aliphatic rings. The molecule has 0 aromatic carbocycles. The molecule has 0 heterocycles. The van der Waals surface area contributed by atoms with E-state index in [4.69, 9.17) is 18.5 Å². The van der Waals surface area contributed by atoms with Gasteiger partial charge in [0.25, 0.3) is 7.82 Å². The Kier molecular flexibility index (Phi) is 43.4. The fourth-order valence-corrected chi connectivity index (χ4v) is 7.25. The zero-order valence-corrected chi connectivity index (χ0v) is 42.3. The molecule has 0 fully saturated rings. The number of likely N-dealkylation sites (N-methyl/N-ethyl adjacent to an activating group) is 1. The lowest BCUT2D eigenvalue weighted by Gasteiger charge is -2.28. The highest BCUT2D eigenvalue weighted by atomic mass is 31.2. The second kappa shape index (κ2) is 45.4. The molecule has 0 saturated carbocycles. The van der Waals surface area contributed by atoms with E-state index in [1.54, 1.807) is 0 Å². The predicted octanol–water partition coefficient (Wildman–Crippen LogP) is 14.5. The highest BCUT2D eigenvalue weighted by Crippen LogP contribution is 2.38. The number of rotatable bonds is 45. The van der Waals surface area contributed by atoms with Crippen molar-refractivity contribution in [1.29, 1.82) is 0 Å². The third kappa shape index (κ3) is 48.6. The molecule has 2 unspecified atom stereocenters. The second-order valence-electron chi connectivity index (χ2n) is 17.8. The van der Waals surface area contributed by atoms with E-state index < -0.39 is 32.5 Å². The first kappa shape index (κ1) is 61.2. The number of ether oxygens (including phenoxy) is 2. The topological polar surface area (TPSA) is 111 Å². The normalized spacial score (nSPS) is 14.2. The van der Waals surface area contributed by atoms with E-state index in [1.165, 1.54) is 77.0 Å². The van der Waals surface area contributed by atoms with Crippen LogP contribution >= 0.6 is 7.82 Å². The quantitative estimate of drug-likeness (QED) is 0.0195. The molecule has 0 aliphatic heterocycles. The zero-order chi connectivity index (χ0) is 47.1. The molecule has 0 aromatic rings. The maximum atomic E-state index is 12.7. The van der Waals surface area contributed by atoms with Crippen LogP contribution in [-0.2, 0) is 32.7 Å². The number of unbranched alkanes of at least 4 members (excludes halogenated alkanes) is 17. The van der Waals surface area contributed by atoms with Gasteiger partial charge < -0.3 is 27.9 Å². The summed E-state index contributed by atoms with van der Waals surface area (Å²) in [5.74, 6) is -0.874. The molecule has 0 bridgehead atoms. The number of nitrogens with zero attached hydrogens (tertiary/aromatic N) is 1. The Morgan fingerprint density at radius 2 is 0.891 bits per heavy atom. The Balaban J connectivity index is 4.35. The van der Waals surface area contributed by atoms with Gasteiger partial charge in [-0.3, -0.25) is 14.2 Å². The van der Waals surface area contributed by atoms with Crippen molar-refractivity contribution >= 4 is 19.8 Å². The molecular weight excluding hydrogens is 822 g/mol. The summed E-state index contributed by atoms with van der Waals surface area (Å²) < 4.78 is 34.0. The maximum absolute atomic E-state index is 12.7. The van der Waals surface area contributed by atoms with Crippen LogP contribution in [0.25, 0.3) is 0 Å². The summed E-state index contributed by atoms with van der Waals surface area (Å²) in [5.41, 5.74) is 0. The third-order valence-corrected chi connectivity index (χ3v) is 11.4. The summed E-state index contributed by atoms with van der Waals surface area (Å²) in [4.78, 5) is 37.7. The number of phosphoric ester groups is 1. The van der Waals surface area contributed by atoms with Crippen LogP contribution in [0.3, 0.4) is 0 Å². The minimum atomic E-state index is -4.64. The summed E-state index contributed by atoms with van der Waals surface area (Å²) in [6.07, 6.45) is 59.0. The molecule has 9 nitrogen and oxygen atoms in total. The van der Waals surface area contributed by atoms with E-state index >= 15 is 0 Å². The summed E-state index contributed by atoms with van der Waals surface area (Å²) in [7, 11) is 1.13. The smallest absolute Gasteiger partial charge is 0.306 e. The largest absolute Gasteiger partial charge is 0.756 e. The van der Waals surface area contributed by atoms with Gasteiger partial charge in [-0.25, -0.2) is 0 Å². The van der Waals surface area contributed by atoms with Crippen LogP contribution in [0.15, 0.2) is 85.1 Å². The zero-order valence-electron chi connectivity index (χ0n) is 41.4. The van der Waals surface area contributed by atoms with Gasteiger partial charge in [0, 0.05) is 12.8 Å². The lowest BCUT2D eigenvalue weighted by Crippen LogP contribution is -2.37. The molecule has 0 amide bonds. The monoisotopic (exact) mass is 916 g/mol. The summed E-state index contributed by atoms with van der Waals surface area (Å²) in [5, 5.41) is 0. The molecule has 2 atom stereocenters. The molecular formula is C54H94NO8P. The van der Waals surface area contributed by atoms with Crippen LogP contribution in [-0.4, -0.2) is 70.0 Å². The SMILES string of the molecule is CC/C=C\C/C=C\C/C=C\C/C=C\C/C=C\C/C=C\C/C=C\CCCCCC(=O)OC(COC(=O)CCCCCCCCCCCCCCCCC)COP(=O)([O-])OCC[N+](C)(C)C. The Morgan fingerprint density at radius 1 is 0.500 bits per heavy atom. The van der Waals surface area contributed by atoms with Crippen molar-refractivity contribution in [3.05, 3.63) is 85.1 Å². The molecule has 0 radical (unpaired) electrons. The first-order valence-corrected chi connectivity index (χ1v) is 26.8. The molecule has 64 heavy (non-hydrogen) atoms. The van der Waals surface area contributed by atoms with Gasteiger partial charge in [0.15, 0.2) is 6.10 Å². The predicted molar refractivity (Wildman–Crippen MR) is 268 cm³/mol. The molecule has 0 rings (SSSR count). The van der Waals surface area contributed by atoms with Gasteiger partial charge in [0.2, 0.25) is 0 Å². The van der Waals surface area contributed by atoms with Crippen molar-refractivity contribution < 1.29 is 42.1 Å². The molecule has 10 heteroatoms. The van der Waals surface area contributed by atoms with Crippen molar-refractivity contribution in [2.24, 2.45) is 0 Å².